The van der Waals surface area contributed by atoms with Crippen molar-refractivity contribution in [3.05, 3.63) is 53.2 Å². The number of nitrogens with one attached hydrogen (secondary N) is 1. The molecule has 0 spiro atoms. The smallest absolute Gasteiger partial charge is 0.339 e. The zero-order valence-corrected chi connectivity index (χ0v) is 9.95. The van der Waals surface area contributed by atoms with Gasteiger partial charge in [0.05, 0.1) is 6.20 Å². The Morgan fingerprint density at radius 1 is 1.21 bits per heavy atom. The quantitative estimate of drug-likeness (QED) is 0.894. The monoisotopic (exact) mass is 264 g/mol. The van der Waals surface area contributed by atoms with Crippen molar-refractivity contribution in [1.82, 2.24) is 4.98 Å². The normalized spacial score (nSPS) is 10.3. The number of aryl methyl sites for hydroxylation is 1. The Morgan fingerprint density at radius 3 is 2.58 bits per heavy atom. The number of benzene rings is 1. The summed E-state index contributed by atoms with van der Waals surface area (Å²) in [6.07, 6.45) is 0.890. The second-order valence-electron chi connectivity index (χ2n) is 4.00. The van der Waals surface area contributed by atoms with Crippen LogP contribution < -0.4 is 5.32 Å². The van der Waals surface area contributed by atoms with E-state index in [9.17, 15) is 13.6 Å². The van der Waals surface area contributed by atoms with Crippen molar-refractivity contribution in [1.29, 1.82) is 0 Å². The average molecular weight is 264 g/mol. The van der Waals surface area contributed by atoms with Crippen LogP contribution in [0, 0.1) is 18.6 Å². The van der Waals surface area contributed by atoms with Crippen molar-refractivity contribution in [2.45, 2.75) is 6.92 Å². The van der Waals surface area contributed by atoms with Crippen molar-refractivity contribution in [2.24, 2.45) is 0 Å². The van der Waals surface area contributed by atoms with Gasteiger partial charge in [0, 0.05) is 5.69 Å². The third-order valence-corrected chi connectivity index (χ3v) is 2.39. The molecule has 1 heterocycles. The highest BCUT2D eigenvalue weighted by atomic mass is 19.1. The third-order valence-electron chi connectivity index (χ3n) is 2.39. The summed E-state index contributed by atoms with van der Waals surface area (Å²) in [6, 6.07) is 5.01. The highest BCUT2D eigenvalue weighted by molar-refractivity contribution is 5.93. The van der Waals surface area contributed by atoms with E-state index < -0.39 is 17.6 Å². The van der Waals surface area contributed by atoms with Crippen LogP contribution in [0.2, 0.25) is 0 Å². The number of carboxylic acids is 1. The predicted molar refractivity (Wildman–Crippen MR) is 65.6 cm³/mol. The first kappa shape index (κ1) is 12.9. The molecule has 1 aromatic heterocycles. The summed E-state index contributed by atoms with van der Waals surface area (Å²) in [6.45, 7) is 1.70. The fourth-order valence-corrected chi connectivity index (χ4v) is 1.65. The van der Waals surface area contributed by atoms with E-state index in [4.69, 9.17) is 5.11 Å². The lowest BCUT2D eigenvalue weighted by Crippen LogP contribution is -2.06. The van der Waals surface area contributed by atoms with Gasteiger partial charge in [0.15, 0.2) is 0 Å². The van der Waals surface area contributed by atoms with Gasteiger partial charge in [-0.3, -0.25) is 0 Å². The number of aromatic nitrogens is 1. The molecule has 0 aliphatic rings. The number of carboxylic acid groups (broad SMARTS) is 1. The maximum absolute atomic E-state index is 13.2. The van der Waals surface area contributed by atoms with Gasteiger partial charge in [-0.05, 0) is 36.8 Å². The van der Waals surface area contributed by atoms with E-state index >= 15 is 0 Å². The molecule has 0 radical (unpaired) electrons. The summed E-state index contributed by atoms with van der Waals surface area (Å²) in [7, 11) is 0. The minimum Gasteiger partial charge on any atom is -0.478 e. The zero-order valence-electron chi connectivity index (χ0n) is 9.95. The SMILES string of the molecule is Cc1cc(F)cc(Nc2ncc(F)cc2C(=O)O)c1. The molecule has 0 amide bonds. The Labute approximate surface area is 107 Å². The van der Waals surface area contributed by atoms with Crippen molar-refractivity contribution < 1.29 is 18.7 Å². The van der Waals surface area contributed by atoms with Crippen LogP contribution in [0.4, 0.5) is 20.3 Å². The predicted octanol–water partition coefficient (Wildman–Crippen LogP) is 3.11. The molecule has 4 nitrogen and oxygen atoms in total. The number of halogens is 2. The number of carbonyl (C=O) groups is 1. The van der Waals surface area contributed by atoms with Crippen LogP contribution in [-0.2, 0) is 0 Å². The van der Waals surface area contributed by atoms with E-state index in [2.05, 4.69) is 10.3 Å². The van der Waals surface area contributed by atoms with Crippen molar-refractivity contribution in [2.75, 3.05) is 5.32 Å². The standard InChI is InChI=1S/C13H10F2N2O2/c1-7-2-8(14)4-10(3-7)17-12-11(13(18)19)5-9(15)6-16-12/h2-6H,1H3,(H,16,17)(H,18,19). The van der Waals surface area contributed by atoms with Crippen molar-refractivity contribution in [3.8, 4) is 0 Å². The fraction of sp³-hybridized carbons (Fsp3) is 0.0769. The number of aromatic carboxylic acids is 1. The summed E-state index contributed by atoms with van der Waals surface area (Å²) >= 11 is 0. The Morgan fingerprint density at radius 2 is 1.95 bits per heavy atom. The Hall–Kier alpha value is -2.50. The Bertz CT molecular complexity index is 624. The molecule has 1 aromatic carbocycles. The first-order chi connectivity index (χ1) is 8.95. The van der Waals surface area contributed by atoms with Gasteiger partial charge in [-0.25, -0.2) is 18.6 Å². The molecular weight excluding hydrogens is 254 g/mol. The topological polar surface area (TPSA) is 62.2 Å². The molecule has 0 saturated heterocycles. The zero-order chi connectivity index (χ0) is 14.0. The van der Waals surface area contributed by atoms with Crippen LogP contribution in [-0.4, -0.2) is 16.1 Å². The van der Waals surface area contributed by atoms with Crippen LogP contribution in [0.25, 0.3) is 0 Å². The Balaban J connectivity index is 2.40. The number of hydrogen-bond donors (Lipinski definition) is 2. The summed E-state index contributed by atoms with van der Waals surface area (Å²) < 4.78 is 26.2. The maximum atomic E-state index is 13.2. The molecule has 2 rings (SSSR count). The van der Waals surface area contributed by atoms with Gasteiger partial charge >= 0.3 is 5.97 Å². The molecule has 0 saturated carbocycles. The van der Waals surface area contributed by atoms with Crippen LogP contribution in [0.15, 0.2) is 30.5 Å². The van der Waals surface area contributed by atoms with E-state index in [1.54, 1.807) is 13.0 Å². The van der Waals surface area contributed by atoms with Crippen LogP contribution >= 0.6 is 0 Å². The lowest BCUT2D eigenvalue weighted by Gasteiger charge is -2.09. The van der Waals surface area contributed by atoms with E-state index in [-0.39, 0.29) is 11.4 Å². The molecule has 0 bridgehead atoms. The molecule has 6 heteroatoms. The molecule has 19 heavy (non-hydrogen) atoms. The first-order valence-corrected chi connectivity index (χ1v) is 5.39. The average Bonchev–Trinajstić information content (AvgIpc) is 2.30. The highest BCUT2D eigenvalue weighted by Gasteiger charge is 2.13. The first-order valence-electron chi connectivity index (χ1n) is 5.39. The minimum absolute atomic E-state index is 0.0427. The summed E-state index contributed by atoms with van der Waals surface area (Å²) in [5.41, 5.74) is 0.697. The summed E-state index contributed by atoms with van der Waals surface area (Å²) in [5.74, 6) is -2.57. The number of pyridine rings is 1. The Kier molecular flexibility index (Phi) is 3.41. The molecular formula is C13H10F2N2O2. The van der Waals surface area contributed by atoms with Crippen LogP contribution in [0.3, 0.4) is 0 Å². The fourth-order valence-electron chi connectivity index (χ4n) is 1.65. The second kappa shape index (κ2) is 5.01. The molecule has 2 aromatic rings. The van der Waals surface area contributed by atoms with Gasteiger partial charge in [-0.15, -0.1) is 0 Å². The second-order valence-corrected chi connectivity index (χ2v) is 4.00. The van der Waals surface area contributed by atoms with Crippen molar-refractivity contribution >= 4 is 17.5 Å². The van der Waals surface area contributed by atoms with Gasteiger partial charge in [-0.1, -0.05) is 0 Å². The van der Waals surface area contributed by atoms with E-state index in [1.807, 2.05) is 0 Å². The van der Waals surface area contributed by atoms with E-state index in [0.717, 1.165) is 12.3 Å². The highest BCUT2D eigenvalue weighted by Crippen LogP contribution is 2.21. The van der Waals surface area contributed by atoms with Crippen molar-refractivity contribution in [3.63, 3.8) is 0 Å². The van der Waals surface area contributed by atoms with E-state index in [1.165, 1.54) is 12.1 Å². The van der Waals surface area contributed by atoms with Crippen LogP contribution in [0.5, 0.6) is 0 Å². The summed E-state index contributed by atoms with van der Waals surface area (Å²) in [4.78, 5) is 14.6. The number of anilines is 2. The van der Waals surface area contributed by atoms with Gasteiger partial charge in [0.1, 0.15) is 23.0 Å². The number of hydrogen-bond acceptors (Lipinski definition) is 3. The van der Waals surface area contributed by atoms with Gasteiger partial charge in [0.25, 0.3) is 0 Å². The molecule has 0 aliphatic heterocycles. The molecule has 0 fully saturated rings. The molecule has 0 atom stereocenters. The van der Waals surface area contributed by atoms with Gasteiger partial charge in [-0.2, -0.15) is 0 Å². The third kappa shape index (κ3) is 3.04. The minimum atomic E-state index is -1.32. The van der Waals surface area contributed by atoms with Gasteiger partial charge in [0.2, 0.25) is 0 Å². The summed E-state index contributed by atoms with van der Waals surface area (Å²) in [5, 5.41) is 11.6. The molecule has 2 N–H and O–H groups in total. The molecule has 0 unspecified atom stereocenters. The van der Waals surface area contributed by atoms with E-state index in [0.29, 0.717) is 11.3 Å². The van der Waals surface area contributed by atoms with Gasteiger partial charge < -0.3 is 10.4 Å². The number of rotatable bonds is 3. The number of nitrogens with zero attached hydrogens (tertiary/aromatic N) is 1. The molecule has 98 valence electrons. The largest absolute Gasteiger partial charge is 0.478 e. The maximum Gasteiger partial charge on any atom is 0.339 e. The lowest BCUT2D eigenvalue weighted by atomic mass is 10.2. The molecule has 0 aliphatic carbocycles. The lowest BCUT2D eigenvalue weighted by molar-refractivity contribution is 0.0697. The van der Waals surface area contributed by atoms with Crippen LogP contribution in [0.1, 0.15) is 15.9 Å².